The van der Waals surface area contributed by atoms with Gasteiger partial charge in [0.15, 0.2) is 5.71 Å². The normalized spacial score (nSPS) is 13.5. The third-order valence-corrected chi connectivity index (χ3v) is 10.3. The van der Waals surface area contributed by atoms with Gasteiger partial charge in [-0.2, -0.15) is 4.58 Å². The molecule has 4 aromatic carbocycles. The van der Waals surface area contributed by atoms with Crippen molar-refractivity contribution in [3.8, 4) is 0 Å². The van der Waals surface area contributed by atoms with Crippen molar-refractivity contribution in [1.29, 1.82) is 0 Å². The zero-order chi connectivity index (χ0) is 43.4. The molecule has 0 saturated carbocycles. The maximum absolute atomic E-state index is 11.2. The van der Waals surface area contributed by atoms with E-state index < -0.39 is 19.5 Å². The summed E-state index contributed by atoms with van der Waals surface area (Å²) in [4.78, 5) is 9.53. The monoisotopic (exact) mass is 931 g/mol. The van der Waals surface area contributed by atoms with Gasteiger partial charge in [0, 0.05) is 122 Å². The molecule has 0 heterocycles. The number of nitrogens with zero attached hydrogens (tertiary/aromatic N) is 6. The molecule has 0 unspecified atom stereocenters. The van der Waals surface area contributed by atoms with E-state index in [1.54, 1.807) is 0 Å². The number of hydrogen-bond acceptors (Lipinski definition) is 4. The van der Waals surface area contributed by atoms with Crippen LogP contribution in [0.5, 0.6) is 0 Å². The van der Waals surface area contributed by atoms with Crippen molar-refractivity contribution < 1.29 is 21.5 Å². The SMILES string of the molecule is CCN(CC)c1ccc(N(c2ccc(N(CC)CC)cc2)c2ccc([N+](=C3C=CC(=[N+](CC)CC)C=C3)c3ccc(N(CC)CC)cc3)cc2)cc1.[F][Sb-]([F])([F])([F])([F])[F]. The van der Waals surface area contributed by atoms with Crippen molar-refractivity contribution in [2.45, 2.75) is 55.4 Å². The standard InChI is InChI=1S/C46H60N6.6FH.Sb/c1-9-47(10-2)37-17-25-41(26-18-37)51(42-27-19-38(20-28-42)48(11-3)12-4)45-33-35-46(36-34-45)52(43-29-21-39(22-30-43)49(13-5)14-6)44-31-23-40(24-32-44)50(15-7)16-8;;;;;;;/h17-36H,9-16H2,1-8H3;6*1H;/q+2;;;;;;;+5/p-6. The Kier molecular flexibility index (Phi) is 15.6. The van der Waals surface area contributed by atoms with Gasteiger partial charge in [0.25, 0.3) is 0 Å². The number of benzene rings is 4. The molecule has 6 nitrogen and oxygen atoms in total. The van der Waals surface area contributed by atoms with Gasteiger partial charge in [-0.1, -0.05) is 0 Å². The Labute approximate surface area is 349 Å². The van der Waals surface area contributed by atoms with Crippen LogP contribution in [-0.4, -0.2) is 87.8 Å². The maximum atomic E-state index is 9.93. The fraction of sp³-hybridized carbons (Fsp3) is 0.348. The molecule has 0 aliphatic heterocycles. The van der Waals surface area contributed by atoms with E-state index in [2.05, 4.69) is 206 Å². The van der Waals surface area contributed by atoms with Crippen LogP contribution in [0.15, 0.2) is 121 Å². The van der Waals surface area contributed by atoms with E-state index in [4.69, 9.17) is 0 Å². The molecule has 13 heteroatoms. The van der Waals surface area contributed by atoms with Crippen LogP contribution in [0.4, 0.5) is 62.4 Å². The topological polar surface area (TPSA) is 19.0 Å². The molecule has 0 bridgehead atoms. The third kappa shape index (κ3) is 13.7. The van der Waals surface area contributed by atoms with E-state index in [1.807, 2.05) is 0 Å². The van der Waals surface area contributed by atoms with Crippen molar-refractivity contribution in [1.82, 2.24) is 4.58 Å². The number of anilines is 6. The van der Waals surface area contributed by atoms with E-state index in [0.29, 0.717) is 0 Å². The predicted octanol–water partition coefficient (Wildman–Crippen LogP) is 12.7. The van der Waals surface area contributed by atoms with Crippen LogP contribution in [0.1, 0.15) is 55.4 Å². The molecule has 1 aliphatic rings. The zero-order valence-corrected chi connectivity index (χ0v) is 38.2. The number of halogens is 6. The first-order chi connectivity index (χ1) is 27.9. The van der Waals surface area contributed by atoms with Crippen molar-refractivity contribution in [2.75, 3.05) is 72.0 Å². The average molecular weight is 933 g/mol. The molecule has 0 atom stereocenters. The van der Waals surface area contributed by atoms with Crippen LogP contribution in [0.25, 0.3) is 0 Å². The Hall–Kier alpha value is -4.70. The minimum absolute atomic E-state index is 0.987. The molecule has 0 aromatic heterocycles. The molecular formula is C46H60F6N6Sb+. The second-order valence-corrected chi connectivity index (χ2v) is 19.4. The van der Waals surface area contributed by atoms with Gasteiger partial charge in [0.2, 0.25) is 17.1 Å². The molecule has 59 heavy (non-hydrogen) atoms. The number of allylic oxidation sites excluding steroid dienone is 4. The van der Waals surface area contributed by atoms with Crippen molar-refractivity contribution >= 4 is 76.4 Å². The molecule has 0 radical (unpaired) electrons. The van der Waals surface area contributed by atoms with Crippen molar-refractivity contribution in [3.63, 3.8) is 0 Å². The fourth-order valence-electron chi connectivity index (χ4n) is 7.25. The molecule has 0 saturated heterocycles. The van der Waals surface area contributed by atoms with E-state index in [9.17, 15) is 16.9 Å². The van der Waals surface area contributed by atoms with Crippen LogP contribution >= 0.6 is 0 Å². The Bertz CT molecular complexity index is 1990. The summed E-state index contributed by atoms with van der Waals surface area (Å²) in [5.74, 6) is 0. The van der Waals surface area contributed by atoms with Crippen molar-refractivity contribution in [3.05, 3.63) is 121 Å². The third-order valence-electron chi connectivity index (χ3n) is 10.3. The van der Waals surface area contributed by atoms with Crippen LogP contribution in [0.3, 0.4) is 0 Å². The molecule has 320 valence electrons. The average Bonchev–Trinajstić information content (AvgIpc) is 3.21. The second kappa shape index (κ2) is 19.6. The Morgan fingerprint density at radius 2 is 0.610 bits per heavy atom. The second-order valence-electron chi connectivity index (χ2n) is 13.9. The van der Waals surface area contributed by atoms with E-state index in [1.165, 1.54) is 22.8 Å². The minimum atomic E-state index is -11.2. The zero-order valence-electron chi connectivity index (χ0n) is 35.6. The molecule has 0 fully saturated rings. The number of rotatable bonds is 16. The first-order valence-electron chi connectivity index (χ1n) is 20.5. The van der Waals surface area contributed by atoms with E-state index in [0.717, 1.165) is 86.5 Å². The van der Waals surface area contributed by atoms with Gasteiger partial charge in [0.1, 0.15) is 13.1 Å². The van der Waals surface area contributed by atoms with Gasteiger partial charge in [-0.05, 0) is 128 Å². The Morgan fingerprint density at radius 1 is 0.373 bits per heavy atom. The summed E-state index contributed by atoms with van der Waals surface area (Å²) in [5, 5.41) is 0. The summed E-state index contributed by atoms with van der Waals surface area (Å²) in [6.07, 6.45) is 9.00. The first-order valence-corrected chi connectivity index (χ1v) is 26.3. The van der Waals surface area contributed by atoms with Gasteiger partial charge in [-0.3, -0.25) is 0 Å². The fourth-order valence-corrected chi connectivity index (χ4v) is 7.25. The Balaban J connectivity index is 0.00000101. The predicted molar refractivity (Wildman–Crippen MR) is 242 cm³/mol. The molecular weight excluding hydrogens is 872 g/mol. The quantitative estimate of drug-likeness (QED) is 0.0482. The summed E-state index contributed by atoms with van der Waals surface area (Å²) in [7, 11) is 0. The van der Waals surface area contributed by atoms with Gasteiger partial charge in [-0.25, -0.2) is 4.58 Å². The summed E-state index contributed by atoms with van der Waals surface area (Å²) in [6.45, 7) is 25.6. The van der Waals surface area contributed by atoms with E-state index in [-0.39, 0.29) is 0 Å². The molecule has 4 aromatic rings. The Morgan fingerprint density at radius 3 is 0.881 bits per heavy atom. The van der Waals surface area contributed by atoms with Crippen LogP contribution in [0, 0.1) is 0 Å². The van der Waals surface area contributed by atoms with Crippen LogP contribution < -0.4 is 24.2 Å². The molecule has 0 amide bonds. The summed E-state index contributed by atoms with van der Waals surface area (Å²) in [5.41, 5.74) is 11.8. The molecule has 1 aliphatic carbocycles. The van der Waals surface area contributed by atoms with Gasteiger partial charge in [0.05, 0.1) is 0 Å². The van der Waals surface area contributed by atoms with E-state index >= 15 is 0 Å². The summed E-state index contributed by atoms with van der Waals surface area (Å²) < 4.78 is 64.3. The summed E-state index contributed by atoms with van der Waals surface area (Å²) in [6, 6.07) is 36.0. The van der Waals surface area contributed by atoms with Gasteiger partial charge in [-0.15, -0.1) is 0 Å². The number of hydrogen-bond donors (Lipinski definition) is 0. The molecule has 0 N–H and O–H groups in total. The van der Waals surface area contributed by atoms with Crippen LogP contribution in [0.2, 0.25) is 0 Å². The van der Waals surface area contributed by atoms with Crippen molar-refractivity contribution in [2.24, 2.45) is 0 Å². The first kappa shape index (κ1) is 47.0. The van der Waals surface area contributed by atoms with Crippen LogP contribution in [-0.2, 0) is 0 Å². The van der Waals surface area contributed by atoms with Gasteiger partial charge < -0.3 is 19.6 Å². The van der Waals surface area contributed by atoms with Gasteiger partial charge >= 0.3 is 36.4 Å². The summed E-state index contributed by atoms with van der Waals surface area (Å²) >= 11 is -11.2. The molecule has 5 rings (SSSR count). The molecule has 0 spiro atoms.